The summed E-state index contributed by atoms with van der Waals surface area (Å²) in [7, 11) is 2.03. The largest absolute Gasteiger partial charge is 0.312 e. The van der Waals surface area contributed by atoms with E-state index in [-0.39, 0.29) is 0 Å². The lowest BCUT2D eigenvalue weighted by molar-refractivity contribution is 0.568. The molecule has 0 aliphatic carbocycles. The first kappa shape index (κ1) is 13.0. The maximum atomic E-state index is 5.97. The molecule has 2 atom stereocenters. The number of benzene rings is 2. The summed E-state index contributed by atoms with van der Waals surface area (Å²) in [6, 6.07) is 17.2. The van der Waals surface area contributed by atoms with Crippen LogP contribution in [0.15, 0.2) is 53.4 Å². The Balaban J connectivity index is 1.83. The molecule has 0 saturated carbocycles. The van der Waals surface area contributed by atoms with Gasteiger partial charge in [0.25, 0.3) is 0 Å². The summed E-state index contributed by atoms with van der Waals surface area (Å²) in [6.07, 6.45) is 1.12. The van der Waals surface area contributed by atoms with Crippen LogP contribution in [0.4, 0.5) is 0 Å². The smallest absolute Gasteiger partial charge is 0.0444 e. The van der Waals surface area contributed by atoms with Crippen LogP contribution in [0.1, 0.15) is 17.2 Å². The van der Waals surface area contributed by atoms with Gasteiger partial charge in [-0.3, -0.25) is 0 Å². The van der Waals surface area contributed by atoms with E-state index < -0.39 is 0 Å². The van der Waals surface area contributed by atoms with E-state index in [2.05, 4.69) is 41.7 Å². The molecular formula is C16H16ClNS. The number of nitrogens with one attached hydrogen (secondary N) is 1. The molecule has 0 radical (unpaired) electrons. The fourth-order valence-corrected chi connectivity index (χ4v) is 4.24. The first-order valence-electron chi connectivity index (χ1n) is 6.45. The second-order valence-electron chi connectivity index (χ2n) is 4.79. The van der Waals surface area contributed by atoms with Crippen LogP contribution in [0.2, 0.25) is 5.02 Å². The van der Waals surface area contributed by atoms with Crippen LogP contribution in [-0.4, -0.2) is 12.3 Å². The average Bonchev–Trinajstić information content (AvgIpc) is 2.85. The number of hydrogen-bond acceptors (Lipinski definition) is 2. The number of hydrogen-bond donors (Lipinski definition) is 1. The first-order chi connectivity index (χ1) is 9.28. The van der Waals surface area contributed by atoms with Crippen molar-refractivity contribution in [3.05, 3.63) is 64.7 Å². The Hall–Kier alpha value is -0.960. The second-order valence-corrected chi connectivity index (χ2v) is 6.50. The second kappa shape index (κ2) is 5.58. The van der Waals surface area contributed by atoms with Gasteiger partial charge in [-0.1, -0.05) is 41.9 Å². The number of rotatable bonds is 3. The van der Waals surface area contributed by atoms with Crippen molar-refractivity contribution in [2.75, 3.05) is 7.05 Å². The van der Waals surface area contributed by atoms with E-state index in [0.717, 1.165) is 11.4 Å². The lowest BCUT2D eigenvalue weighted by Crippen LogP contribution is -2.27. The molecular weight excluding hydrogens is 274 g/mol. The van der Waals surface area contributed by atoms with Crippen LogP contribution in [0.25, 0.3) is 0 Å². The zero-order chi connectivity index (χ0) is 13.2. The SMILES string of the molecule is CNC(c1ccc(Cl)cc1)C1Cc2ccccc2S1. The summed E-state index contributed by atoms with van der Waals surface area (Å²) in [4.78, 5) is 1.42. The topological polar surface area (TPSA) is 12.0 Å². The van der Waals surface area contributed by atoms with Gasteiger partial charge in [-0.2, -0.15) is 0 Å². The standard InChI is InChI=1S/C16H16ClNS/c1-18-16(11-6-8-13(17)9-7-11)15-10-12-4-2-3-5-14(12)19-15/h2-9,15-16,18H,10H2,1H3. The molecule has 1 aliphatic rings. The van der Waals surface area contributed by atoms with E-state index in [1.807, 2.05) is 30.9 Å². The number of thioether (sulfide) groups is 1. The first-order valence-corrected chi connectivity index (χ1v) is 7.71. The van der Waals surface area contributed by atoms with Gasteiger partial charge in [-0.25, -0.2) is 0 Å². The van der Waals surface area contributed by atoms with Gasteiger partial charge in [0.15, 0.2) is 0 Å². The number of fused-ring (bicyclic) bond motifs is 1. The zero-order valence-corrected chi connectivity index (χ0v) is 12.3. The molecule has 3 heteroatoms. The Bertz CT molecular complexity index is 542. The Morgan fingerprint density at radius 3 is 2.58 bits per heavy atom. The third kappa shape index (κ3) is 2.66. The van der Waals surface area contributed by atoms with E-state index in [1.54, 1.807) is 0 Å². The van der Waals surface area contributed by atoms with Gasteiger partial charge in [0.1, 0.15) is 0 Å². The predicted molar refractivity (Wildman–Crippen MR) is 83.0 cm³/mol. The normalized spacial score (nSPS) is 19.2. The van der Waals surface area contributed by atoms with Crippen LogP contribution in [-0.2, 0) is 6.42 Å². The van der Waals surface area contributed by atoms with E-state index in [1.165, 1.54) is 16.0 Å². The summed E-state index contributed by atoms with van der Waals surface area (Å²) in [5.74, 6) is 0. The highest BCUT2D eigenvalue weighted by atomic mass is 35.5. The van der Waals surface area contributed by atoms with Crippen molar-refractivity contribution in [3.63, 3.8) is 0 Å². The van der Waals surface area contributed by atoms with E-state index >= 15 is 0 Å². The van der Waals surface area contributed by atoms with Crippen LogP contribution in [0.5, 0.6) is 0 Å². The predicted octanol–water partition coefficient (Wildman–Crippen LogP) is 4.32. The van der Waals surface area contributed by atoms with Gasteiger partial charge in [0, 0.05) is 21.2 Å². The molecule has 19 heavy (non-hydrogen) atoms. The molecule has 0 aromatic heterocycles. The summed E-state index contributed by atoms with van der Waals surface area (Å²) < 4.78 is 0. The lowest BCUT2D eigenvalue weighted by Gasteiger charge is -2.22. The molecule has 0 bridgehead atoms. The molecule has 0 saturated heterocycles. The molecule has 1 N–H and O–H groups in total. The molecule has 1 heterocycles. The highest BCUT2D eigenvalue weighted by molar-refractivity contribution is 8.00. The maximum absolute atomic E-state index is 5.97. The van der Waals surface area contributed by atoms with Crippen molar-refractivity contribution in [2.45, 2.75) is 22.6 Å². The van der Waals surface area contributed by atoms with Crippen molar-refractivity contribution in [1.29, 1.82) is 0 Å². The molecule has 98 valence electrons. The Kier molecular flexibility index (Phi) is 3.83. The van der Waals surface area contributed by atoms with Crippen LogP contribution >= 0.6 is 23.4 Å². The highest BCUT2D eigenvalue weighted by Crippen LogP contribution is 2.42. The van der Waals surface area contributed by atoms with Gasteiger partial charge in [-0.15, -0.1) is 11.8 Å². The monoisotopic (exact) mass is 289 g/mol. The summed E-state index contributed by atoms with van der Waals surface area (Å²) in [5.41, 5.74) is 2.77. The lowest BCUT2D eigenvalue weighted by atomic mass is 9.99. The van der Waals surface area contributed by atoms with Crippen molar-refractivity contribution in [3.8, 4) is 0 Å². The minimum atomic E-state index is 0.356. The molecule has 0 fully saturated rings. The molecule has 1 aliphatic heterocycles. The van der Waals surface area contributed by atoms with Crippen LogP contribution < -0.4 is 5.32 Å². The van der Waals surface area contributed by atoms with E-state index in [4.69, 9.17) is 11.6 Å². The quantitative estimate of drug-likeness (QED) is 0.903. The van der Waals surface area contributed by atoms with Gasteiger partial charge < -0.3 is 5.32 Å². The van der Waals surface area contributed by atoms with Gasteiger partial charge in [0.2, 0.25) is 0 Å². The van der Waals surface area contributed by atoms with Gasteiger partial charge in [0.05, 0.1) is 0 Å². The van der Waals surface area contributed by atoms with Crippen LogP contribution in [0.3, 0.4) is 0 Å². The fraction of sp³-hybridized carbons (Fsp3) is 0.250. The Morgan fingerprint density at radius 2 is 1.89 bits per heavy atom. The minimum absolute atomic E-state index is 0.356. The summed E-state index contributed by atoms with van der Waals surface area (Å²) in [5, 5.41) is 4.79. The third-order valence-corrected chi connectivity index (χ3v) is 5.23. The Morgan fingerprint density at radius 1 is 1.16 bits per heavy atom. The summed E-state index contributed by atoms with van der Waals surface area (Å²) in [6.45, 7) is 0. The molecule has 1 nitrogen and oxygen atoms in total. The average molecular weight is 290 g/mol. The van der Waals surface area contributed by atoms with Crippen molar-refractivity contribution < 1.29 is 0 Å². The summed E-state index contributed by atoms with van der Waals surface area (Å²) >= 11 is 7.94. The highest BCUT2D eigenvalue weighted by Gasteiger charge is 2.29. The third-order valence-electron chi connectivity index (χ3n) is 3.58. The van der Waals surface area contributed by atoms with E-state index in [9.17, 15) is 0 Å². The van der Waals surface area contributed by atoms with Crippen molar-refractivity contribution >= 4 is 23.4 Å². The molecule has 2 aromatic rings. The fourth-order valence-electron chi connectivity index (χ4n) is 2.63. The van der Waals surface area contributed by atoms with Gasteiger partial charge in [-0.05, 0) is 42.8 Å². The molecule has 0 amide bonds. The van der Waals surface area contributed by atoms with Crippen molar-refractivity contribution in [2.24, 2.45) is 0 Å². The number of halogens is 1. The van der Waals surface area contributed by atoms with Crippen molar-refractivity contribution in [1.82, 2.24) is 5.32 Å². The minimum Gasteiger partial charge on any atom is -0.312 e. The molecule has 3 rings (SSSR count). The molecule has 2 unspecified atom stereocenters. The molecule has 0 spiro atoms. The van der Waals surface area contributed by atoms with E-state index in [0.29, 0.717) is 11.3 Å². The zero-order valence-electron chi connectivity index (χ0n) is 10.8. The maximum Gasteiger partial charge on any atom is 0.0444 e. The van der Waals surface area contributed by atoms with Gasteiger partial charge >= 0.3 is 0 Å². The Labute approximate surface area is 123 Å². The molecule has 2 aromatic carbocycles. The van der Waals surface area contributed by atoms with Crippen LogP contribution in [0, 0.1) is 0 Å².